The van der Waals surface area contributed by atoms with Crippen LogP contribution in [-0.4, -0.2) is 15.0 Å². The second kappa shape index (κ2) is 5.01. The van der Waals surface area contributed by atoms with Gasteiger partial charge in [-0.2, -0.15) is 0 Å². The van der Waals surface area contributed by atoms with Gasteiger partial charge in [0.15, 0.2) is 0 Å². The monoisotopic (exact) mass is 266 g/mol. The third-order valence-electron chi connectivity index (χ3n) is 2.08. The summed E-state index contributed by atoms with van der Waals surface area (Å²) in [4.78, 5) is 7.92. The van der Waals surface area contributed by atoms with E-state index >= 15 is 0 Å². The lowest BCUT2D eigenvalue weighted by Gasteiger charge is -2.06. The van der Waals surface area contributed by atoms with Gasteiger partial charge >= 0.3 is 0 Å². The van der Waals surface area contributed by atoms with Crippen LogP contribution < -0.4 is 11.1 Å². The summed E-state index contributed by atoms with van der Waals surface area (Å²) in [5, 5.41) is 2.56. The maximum absolute atomic E-state index is 13.4. The van der Waals surface area contributed by atoms with Crippen molar-refractivity contribution < 1.29 is 8.78 Å². The van der Waals surface area contributed by atoms with Crippen LogP contribution in [-0.2, 0) is 0 Å². The maximum Gasteiger partial charge on any atom is 0.227 e. The molecule has 0 saturated carbocycles. The molecule has 0 aliphatic rings. The van der Waals surface area contributed by atoms with Crippen LogP contribution in [0.5, 0.6) is 0 Å². The first-order chi connectivity index (χ1) is 8.56. The molecule has 3 N–H and O–H groups in total. The van der Waals surface area contributed by atoms with Crippen LogP contribution >= 0.6 is 12.2 Å². The molecule has 0 fully saturated rings. The van der Waals surface area contributed by atoms with Gasteiger partial charge in [-0.25, -0.2) is 18.7 Å². The van der Waals surface area contributed by atoms with Crippen LogP contribution in [0, 0.1) is 11.6 Å². The van der Waals surface area contributed by atoms with Gasteiger partial charge in [0.05, 0.1) is 5.69 Å². The lowest BCUT2D eigenvalue weighted by atomic mass is 10.3. The van der Waals surface area contributed by atoms with Crippen LogP contribution in [0.3, 0.4) is 0 Å². The molecular weight excluding hydrogens is 258 g/mol. The fourth-order valence-electron chi connectivity index (χ4n) is 1.27. The van der Waals surface area contributed by atoms with E-state index in [1.165, 1.54) is 12.3 Å². The summed E-state index contributed by atoms with van der Waals surface area (Å²) < 4.78 is 26.3. The van der Waals surface area contributed by atoms with E-state index in [0.29, 0.717) is 5.69 Å². The SMILES string of the molecule is NC(=S)c1ccnc(Nc2cc(F)ccc2F)n1. The highest BCUT2D eigenvalue weighted by atomic mass is 32.1. The van der Waals surface area contributed by atoms with Crippen molar-refractivity contribution in [2.24, 2.45) is 5.73 Å². The first-order valence-corrected chi connectivity index (χ1v) is 5.32. The molecule has 4 nitrogen and oxygen atoms in total. The molecule has 0 unspecified atom stereocenters. The number of rotatable bonds is 3. The van der Waals surface area contributed by atoms with Crippen molar-refractivity contribution >= 4 is 28.8 Å². The Bertz CT molecular complexity index is 603. The summed E-state index contributed by atoms with van der Waals surface area (Å²) in [6.07, 6.45) is 1.42. The van der Waals surface area contributed by atoms with E-state index in [0.717, 1.165) is 18.2 Å². The molecule has 0 saturated heterocycles. The topological polar surface area (TPSA) is 63.8 Å². The van der Waals surface area contributed by atoms with Gasteiger partial charge in [-0.05, 0) is 18.2 Å². The predicted molar refractivity (Wildman–Crippen MR) is 67.6 cm³/mol. The smallest absolute Gasteiger partial charge is 0.227 e. The molecule has 7 heteroatoms. The number of halogens is 2. The Hall–Kier alpha value is -2.15. The molecule has 0 spiro atoms. The molecule has 1 heterocycles. The first kappa shape index (κ1) is 12.3. The van der Waals surface area contributed by atoms with Gasteiger partial charge in [0.25, 0.3) is 0 Å². The third-order valence-corrected chi connectivity index (χ3v) is 2.29. The van der Waals surface area contributed by atoms with Gasteiger partial charge in [0, 0.05) is 12.3 Å². The number of thiocarbonyl (C=S) groups is 1. The molecule has 92 valence electrons. The van der Waals surface area contributed by atoms with Crippen molar-refractivity contribution in [3.63, 3.8) is 0 Å². The zero-order chi connectivity index (χ0) is 13.1. The zero-order valence-corrected chi connectivity index (χ0v) is 9.84. The minimum absolute atomic E-state index is 0.0601. The maximum atomic E-state index is 13.4. The van der Waals surface area contributed by atoms with Crippen LogP contribution in [0.1, 0.15) is 5.69 Å². The number of anilines is 2. The number of hydrogen-bond acceptors (Lipinski definition) is 4. The molecule has 1 aromatic heterocycles. The van der Waals surface area contributed by atoms with Gasteiger partial charge in [-0.3, -0.25) is 0 Å². The quantitative estimate of drug-likeness (QED) is 0.833. The van der Waals surface area contributed by atoms with Gasteiger partial charge in [-0.15, -0.1) is 0 Å². The number of hydrogen-bond donors (Lipinski definition) is 2. The standard InChI is InChI=1S/C11H8F2N4S/c12-6-1-2-7(13)9(5-6)17-11-15-4-3-8(16-11)10(14)18/h1-5H,(H2,14,18)(H,15,16,17). The molecule has 0 amide bonds. The average molecular weight is 266 g/mol. The van der Waals surface area contributed by atoms with Crippen LogP contribution in [0.2, 0.25) is 0 Å². The van der Waals surface area contributed by atoms with E-state index in [2.05, 4.69) is 15.3 Å². The normalized spacial score (nSPS) is 10.1. The second-order valence-electron chi connectivity index (χ2n) is 3.38. The number of benzene rings is 1. The summed E-state index contributed by atoms with van der Waals surface area (Å²) in [7, 11) is 0. The molecular formula is C11H8F2N4S. The third kappa shape index (κ3) is 2.75. The van der Waals surface area contributed by atoms with Crippen LogP contribution in [0.4, 0.5) is 20.4 Å². The Morgan fingerprint density at radius 3 is 2.78 bits per heavy atom. The van der Waals surface area contributed by atoms with E-state index in [-0.39, 0.29) is 16.6 Å². The van der Waals surface area contributed by atoms with E-state index in [1.54, 1.807) is 0 Å². The number of nitrogens with zero attached hydrogens (tertiary/aromatic N) is 2. The molecule has 18 heavy (non-hydrogen) atoms. The fraction of sp³-hybridized carbons (Fsp3) is 0. The van der Waals surface area contributed by atoms with Crippen LogP contribution in [0.15, 0.2) is 30.5 Å². The van der Waals surface area contributed by atoms with Crippen LogP contribution in [0.25, 0.3) is 0 Å². The van der Waals surface area contributed by atoms with Crippen molar-refractivity contribution in [3.8, 4) is 0 Å². The van der Waals surface area contributed by atoms with Crippen molar-refractivity contribution in [1.29, 1.82) is 0 Å². The van der Waals surface area contributed by atoms with Crippen molar-refractivity contribution in [1.82, 2.24) is 9.97 Å². The highest BCUT2D eigenvalue weighted by molar-refractivity contribution is 7.80. The number of nitrogens with one attached hydrogen (secondary N) is 1. The Labute approximate surface area is 107 Å². The lowest BCUT2D eigenvalue weighted by molar-refractivity contribution is 0.603. The number of aromatic nitrogens is 2. The molecule has 0 atom stereocenters. The minimum Gasteiger partial charge on any atom is -0.388 e. The molecule has 0 radical (unpaired) electrons. The first-order valence-electron chi connectivity index (χ1n) is 4.91. The Balaban J connectivity index is 2.31. The highest BCUT2D eigenvalue weighted by Crippen LogP contribution is 2.18. The van der Waals surface area contributed by atoms with Crippen molar-refractivity contribution in [2.45, 2.75) is 0 Å². The van der Waals surface area contributed by atoms with Gasteiger partial charge in [-0.1, -0.05) is 12.2 Å². The van der Waals surface area contributed by atoms with Crippen molar-refractivity contribution in [2.75, 3.05) is 5.32 Å². The average Bonchev–Trinajstić information content (AvgIpc) is 2.34. The second-order valence-corrected chi connectivity index (χ2v) is 3.82. The molecule has 1 aromatic carbocycles. The molecule has 0 bridgehead atoms. The van der Waals surface area contributed by atoms with Gasteiger partial charge in [0.2, 0.25) is 5.95 Å². The van der Waals surface area contributed by atoms with E-state index < -0.39 is 11.6 Å². The van der Waals surface area contributed by atoms with Crippen molar-refractivity contribution in [3.05, 3.63) is 47.8 Å². The molecule has 0 aliphatic heterocycles. The predicted octanol–water partition coefficient (Wildman–Crippen LogP) is 2.13. The summed E-state index contributed by atoms with van der Waals surface area (Å²) in [5.41, 5.74) is 5.70. The largest absolute Gasteiger partial charge is 0.388 e. The Kier molecular flexibility index (Phi) is 3.42. The van der Waals surface area contributed by atoms with Gasteiger partial charge < -0.3 is 11.1 Å². The summed E-state index contributed by atoms with van der Waals surface area (Å²) in [5.74, 6) is -1.09. The van der Waals surface area contributed by atoms with E-state index in [9.17, 15) is 8.78 Å². The summed E-state index contributed by atoms with van der Waals surface area (Å²) in [6.45, 7) is 0. The summed E-state index contributed by atoms with van der Waals surface area (Å²) in [6, 6.07) is 4.56. The Morgan fingerprint density at radius 2 is 2.06 bits per heavy atom. The Morgan fingerprint density at radius 1 is 1.28 bits per heavy atom. The highest BCUT2D eigenvalue weighted by Gasteiger charge is 2.07. The lowest BCUT2D eigenvalue weighted by Crippen LogP contribution is -2.13. The minimum atomic E-state index is -0.610. The molecule has 2 aromatic rings. The molecule has 0 aliphatic carbocycles. The zero-order valence-electron chi connectivity index (χ0n) is 9.02. The number of nitrogens with two attached hydrogens (primary N) is 1. The summed E-state index contributed by atoms with van der Waals surface area (Å²) >= 11 is 4.76. The molecule has 2 rings (SSSR count). The van der Waals surface area contributed by atoms with E-state index in [1.807, 2.05) is 0 Å². The fourth-order valence-corrected chi connectivity index (χ4v) is 1.38. The van der Waals surface area contributed by atoms with E-state index in [4.69, 9.17) is 18.0 Å². The van der Waals surface area contributed by atoms with Gasteiger partial charge in [0.1, 0.15) is 22.3 Å².